The van der Waals surface area contributed by atoms with Crippen LogP contribution >= 0.6 is 11.6 Å². The van der Waals surface area contributed by atoms with Crippen LogP contribution in [0.2, 0.25) is 5.02 Å². The van der Waals surface area contributed by atoms with Crippen LogP contribution in [-0.4, -0.2) is 24.5 Å². The monoisotopic (exact) mass is 272 g/mol. The van der Waals surface area contributed by atoms with Crippen molar-refractivity contribution in [3.05, 3.63) is 48.0 Å². The number of hydrogen-bond donors (Lipinski definition) is 1. The summed E-state index contributed by atoms with van der Waals surface area (Å²) in [4.78, 5) is 16.5. The standard InChI is InChI=1S/C12H9ClN6/c13-9-4-2-1-3-8(9)10-16-11(14)18-12(17-10)19-6-5-15-7-19/h1-7H,(H2,14,16,17,18). The topological polar surface area (TPSA) is 82.5 Å². The molecule has 6 nitrogen and oxygen atoms in total. The van der Waals surface area contributed by atoms with Crippen molar-refractivity contribution in [2.75, 3.05) is 5.73 Å². The van der Waals surface area contributed by atoms with Crippen LogP contribution in [0.15, 0.2) is 43.0 Å². The smallest absolute Gasteiger partial charge is 0.240 e. The molecule has 3 rings (SSSR count). The van der Waals surface area contributed by atoms with Gasteiger partial charge in [-0.1, -0.05) is 23.7 Å². The first-order chi connectivity index (χ1) is 9.24. The Hall–Kier alpha value is -2.47. The van der Waals surface area contributed by atoms with Gasteiger partial charge in [-0.3, -0.25) is 4.57 Å². The van der Waals surface area contributed by atoms with Gasteiger partial charge in [0.25, 0.3) is 0 Å². The SMILES string of the molecule is Nc1nc(-c2ccccc2Cl)nc(-n2ccnc2)n1. The average Bonchev–Trinajstić information content (AvgIpc) is 2.92. The van der Waals surface area contributed by atoms with Gasteiger partial charge < -0.3 is 5.73 Å². The summed E-state index contributed by atoms with van der Waals surface area (Å²) in [7, 11) is 0. The molecule has 19 heavy (non-hydrogen) atoms. The molecule has 0 amide bonds. The Labute approximate surface area is 113 Å². The van der Waals surface area contributed by atoms with Crippen LogP contribution in [0.4, 0.5) is 5.95 Å². The number of imidazole rings is 1. The fourth-order valence-corrected chi connectivity index (χ4v) is 1.86. The molecule has 3 aromatic rings. The van der Waals surface area contributed by atoms with Gasteiger partial charge in [-0.15, -0.1) is 0 Å². The Morgan fingerprint density at radius 3 is 2.68 bits per heavy atom. The van der Waals surface area contributed by atoms with E-state index in [-0.39, 0.29) is 5.95 Å². The number of aromatic nitrogens is 5. The lowest BCUT2D eigenvalue weighted by Gasteiger charge is -2.06. The summed E-state index contributed by atoms with van der Waals surface area (Å²) in [5.74, 6) is 0.968. The number of benzene rings is 1. The van der Waals surface area contributed by atoms with Gasteiger partial charge in [-0.2, -0.15) is 15.0 Å². The van der Waals surface area contributed by atoms with Crippen molar-refractivity contribution in [1.29, 1.82) is 0 Å². The van der Waals surface area contributed by atoms with E-state index in [9.17, 15) is 0 Å². The molecule has 0 spiro atoms. The van der Waals surface area contributed by atoms with Gasteiger partial charge in [0, 0.05) is 18.0 Å². The molecule has 0 saturated carbocycles. The van der Waals surface area contributed by atoms with Gasteiger partial charge in [-0.25, -0.2) is 4.98 Å². The zero-order valence-corrected chi connectivity index (χ0v) is 10.5. The normalized spacial score (nSPS) is 10.6. The lowest BCUT2D eigenvalue weighted by Crippen LogP contribution is -2.06. The molecule has 2 heterocycles. The number of hydrogen-bond acceptors (Lipinski definition) is 5. The fraction of sp³-hybridized carbons (Fsp3) is 0. The Balaban J connectivity index is 2.16. The Kier molecular flexibility index (Phi) is 2.85. The predicted octanol–water partition coefficient (Wildman–Crippen LogP) is 1.96. The van der Waals surface area contributed by atoms with Gasteiger partial charge in [0.15, 0.2) is 5.82 Å². The highest BCUT2D eigenvalue weighted by molar-refractivity contribution is 6.33. The number of halogens is 1. The van der Waals surface area contributed by atoms with Crippen LogP contribution in [0.25, 0.3) is 17.3 Å². The molecule has 94 valence electrons. The minimum atomic E-state index is 0.133. The van der Waals surface area contributed by atoms with E-state index in [1.807, 2.05) is 18.2 Å². The highest BCUT2D eigenvalue weighted by Gasteiger charge is 2.10. The minimum Gasteiger partial charge on any atom is -0.368 e. The van der Waals surface area contributed by atoms with Crippen molar-refractivity contribution in [2.24, 2.45) is 0 Å². The molecule has 0 saturated heterocycles. The summed E-state index contributed by atoms with van der Waals surface area (Å²) in [5, 5.41) is 0.560. The van der Waals surface area contributed by atoms with Crippen LogP contribution in [0.3, 0.4) is 0 Å². The summed E-state index contributed by atoms with van der Waals surface area (Å²) >= 11 is 6.13. The summed E-state index contributed by atoms with van der Waals surface area (Å²) in [6.07, 6.45) is 4.95. The zero-order valence-electron chi connectivity index (χ0n) is 9.73. The van der Waals surface area contributed by atoms with Crippen LogP contribution in [0.1, 0.15) is 0 Å². The van der Waals surface area contributed by atoms with Gasteiger partial charge >= 0.3 is 0 Å². The largest absolute Gasteiger partial charge is 0.368 e. The van der Waals surface area contributed by atoms with Crippen molar-refractivity contribution >= 4 is 17.5 Å². The first kappa shape index (κ1) is 11.6. The summed E-state index contributed by atoms with van der Waals surface area (Å²) in [6.45, 7) is 0. The molecular formula is C12H9ClN6. The number of anilines is 1. The van der Waals surface area contributed by atoms with Crippen LogP contribution in [0.5, 0.6) is 0 Å². The first-order valence-electron chi connectivity index (χ1n) is 5.49. The average molecular weight is 273 g/mol. The fourth-order valence-electron chi connectivity index (χ4n) is 1.64. The van der Waals surface area contributed by atoms with Crippen molar-refractivity contribution < 1.29 is 0 Å². The molecule has 0 bridgehead atoms. The van der Waals surface area contributed by atoms with E-state index in [0.29, 0.717) is 22.4 Å². The third-order valence-electron chi connectivity index (χ3n) is 2.49. The molecule has 0 atom stereocenters. The molecule has 2 aromatic heterocycles. The Morgan fingerprint density at radius 2 is 1.95 bits per heavy atom. The molecule has 0 radical (unpaired) electrons. The van der Waals surface area contributed by atoms with E-state index >= 15 is 0 Å². The van der Waals surface area contributed by atoms with Gasteiger partial charge in [0.1, 0.15) is 6.33 Å². The molecule has 1 aromatic carbocycles. The predicted molar refractivity (Wildman–Crippen MR) is 71.8 cm³/mol. The second-order valence-corrected chi connectivity index (χ2v) is 4.17. The van der Waals surface area contributed by atoms with E-state index in [0.717, 1.165) is 0 Å². The lowest BCUT2D eigenvalue weighted by molar-refractivity contribution is 0.906. The Morgan fingerprint density at radius 1 is 1.11 bits per heavy atom. The molecule has 0 unspecified atom stereocenters. The molecule has 0 fully saturated rings. The molecular weight excluding hydrogens is 264 g/mol. The number of nitrogen functional groups attached to an aromatic ring is 1. The van der Waals surface area contributed by atoms with Gasteiger partial charge in [-0.05, 0) is 12.1 Å². The van der Waals surface area contributed by atoms with Crippen LogP contribution < -0.4 is 5.73 Å². The molecule has 0 aliphatic heterocycles. The minimum absolute atomic E-state index is 0.133. The Bertz CT molecular complexity index is 710. The molecule has 0 aliphatic carbocycles. The summed E-state index contributed by atoms with van der Waals surface area (Å²) < 4.78 is 1.65. The van der Waals surface area contributed by atoms with E-state index in [4.69, 9.17) is 17.3 Å². The van der Waals surface area contributed by atoms with E-state index < -0.39 is 0 Å². The van der Waals surface area contributed by atoms with Crippen LogP contribution in [0, 0.1) is 0 Å². The highest BCUT2D eigenvalue weighted by atomic mass is 35.5. The third-order valence-corrected chi connectivity index (χ3v) is 2.82. The number of nitrogens with two attached hydrogens (primary N) is 1. The maximum absolute atomic E-state index is 6.13. The van der Waals surface area contributed by atoms with E-state index in [1.54, 1.807) is 29.4 Å². The van der Waals surface area contributed by atoms with Gasteiger partial charge in [0.2, 0.25) is 11.9 Å². The van der Waals surface area contributed by atoms with Crippen molar-refractivity contribution in [3.8, 4) is 17.3 Å². The zero-order chi connectivity index (χ0) is 13.2. The summed E-state index contributed by atoms with van der Waals surface area (Å²) in [6, 6.07) is 7.30. The molecule has 7 heteroatoms. The number of nitrogens with zero attached hydrogens (tertiary/aromatic N) is 5. The number of rotatable bonds is 2. The maximum atomic E-state index is 6.13. The van der Waals surface area contributed by atoms with E-state index in [2.05, 4.69) is 19.9 Å². The quantitative estimate of drug-likeness (QED) is 0.771. The van der Waals surface area contributed by atoms with Gasteiger partial charge in [0.05, 0.1) is 5.02 Å². The van der Waals surface area contributed by atoms with Crippen LogP contribution in [-0.2, 0) is 0 Å². The maximum Gasteiger partial charge on any atom is 0.240 e. The van der Waals surface area contributed by atoms with Crippen molar-refractivity contribution in [2.45, 2.75) is 0 Å². The third kappa shape index (κ3) is 2.25. The van der Waals surface area contributed by atoms with Crippen molar-refractivity contribution in [1.82, 2.24) is 24.5 Å². The van der Waals surface area contributed by atoms with Crippen molar-refractivity contribution in [3.63, 3.8) is 0 Å². The second kappa shape index (κ2) is 4.66. The molecule has 0 aliphatic rings. The highest BCUT2D eigenvalue weighted by Crippen LogP contribution is 2.25. The van der Waals surface area contributed by atoms with E-state index in [1.165, 1.54) is 0 Å². The lowest BCUT2D eigenvalue weighted by atomic mass is 10.2. The summed E-state index contributed by atoms with van der Waals surface area (Å²) in [5.41, 5.74) is 6.42. The molecule has 2 N–H and O–H groups in total. The first-order valence-corrected chi connectivity index (χ1v) is 5.86. The second-order valence-electron chi connectivity index (χ2n) is 3.77.